The molecule has 1 N–H and O–H groups in total. The van der Waals surface area contributed by atoms with Crippen LogP contribution in [0.15, 0.2) is 42.5 Å². The third-order valence-electron chi connectivity index (χ3n) is 3.13. The first-order chi connectivity index (χ1) is 11.0. The van der Waals surface area contributed by atoms with Crippen LogP contribution in [-0.4, -0.2) is 17.4 Å². The lowest BCUT2D eigenvalue weighted by Gasteiger charge is -2.10. The number of hydrogen-bond acceptors (Lipinski definition) is 4. The van der Waals surface area contributed by atoms with Gasteiger partial charge in [0.1, 0.15) is 5.75 Å². The van der Waals surface area contributed by atoms with Gasteiger partial charge < -0.3 is 10.1 Å². The van der Waals surface area contributed by atoms with Crippen molar-refractivity contribution in [3.63, 3.8) is 0 Å². The number of nitro groups is 1. The number of hydrogen-bond donors (Lipinski definition) is 1. The summed E-state index contributed by atoms with van der Waals surface area (Å²) in [6.45, 7) is 1.92. The molecule has 0 heterocycles. The molecule has 0 radical (unpaired) electrons. The molecule has 7 heteroatoms. The maximum Gasteiger partial charge on any atom is 0.271 e. The summed E-state index contributed by atoms with van der Waals surface area (Å²) in [4.78, 5) is 22.2. The molecule has 2 aromatic rings. The molecule has 6 nitrogen and oxygen atoms in total. The molecule has 0 bridgehead atoms. The van der Waals surface area contributed by atoms with Gasteiger partial charge in [-0.25, -0.2) is 0 Å². The van der Waals surface area contributed by atoms with Gasteiger partial charge in [0, 0.05) is 12.1 Å². The van der Waals surface area contributed by atoms with E-state index in [1.807, 2.05) is 0 Å². The van der Waals surface area contributed by atoms with Gasteiger partial charge >= 0.3 is 0 Å². The summed E-state index contributed by atoms with van der Waals surface area (Å²) in [5.74, 6) is 0.217. The van der Waals surface area contributed by atoms with E-state index < -0.39 is 4.92 Å². The standard InChI is InChI=1S/C16H15ClN2O4/c1-11-6-7-12(19(21)22)10-14(11)18-16(20)8-9-23-15-5-3-2-4-13(15)17/h2-7,10H,8-9H2,1H3,(H,18,20). The van der Waals surface area contributed by atoms with Crippen LogP contribution in [0.3, 0.4) is 0 Å². The first-order valence-electron chi connectivity index (χ1n) is 6.89. The number of para-hydroxylation sites is 1. The predicted molar refractivity (Wildman–Crippen MR) is 88.0 cm³/mol. The zero-order valence-corrected chi connectivity index (χ0v) is 13.2. The molecule has 120 valence electrons. The topological polar surface area (TPSA) is 81.5 Å². The summed E-state index contributed by atoms with van der Waals surface area (Å²) in [6, 6.07) is 11.3. The summed E-state index contributed by atoms with van der Waals surface area (Å²) in [5, 5.41) is 13.9. The molecule has 2 rings (SSSR count). The van der Waals surface area contributed by atoms with Crippen molar-refractivity contribution in [3.05, 3.63) is 63.2 Å². The maximum absolute atomic E-state index is 11.9. The first-order valence-corrected chi connectivity index (χ1v) is 7.27. The van der Waals surface area contributed by atoms with Crippen molar-refractivity contribution in [1.82, 2.24) is 0 Å². The minimum Gasteiger partial charge on any atom is -0.491 e. The minimum atomic E-state index is -0.504. The summed E-state index contributed by atoms with van der Waals surface area (Å²) in [5.41, 5.74) is 1.09. The molecule has 0 spiro atoms. The fraction of sp³-hybridized carbons (Fsp3) is 0.188. The zero-order chi connectivity index (χ0) is 16.8. The lowest BCUT2D eigenvalue weighted by Crippen LogP contribution is -2.16. The van der Waals surface area contributed by atoms with Crippen molar-refractivity contribution in [2.45, 2.75) is 13.3 Å². The van der Waals surface area contributed by atoms with Crippen molar-refractivity contribution >= 4 is 28.9 Å². The number of anilines is 1. The highest BCUT2D eigenvalue weighted by Gasteiger charge is 2.11. The second-order valence-corrected chi connectivity index (χ2v) is 5.24. The number of nitro benzene ring substituents is 1. The van der Waals surface area contributed by atoms with E-state index in [1.54, 1.807) is 37.3 Å². The Morgan fingerprint density at radius 3 is 2.74 bits per heavy atom. The van der Waals surface area contributed by atoms with Crippen LogP contribution in [0.25, 0.3) is 0 Å². The Hall–Kier alpha value is -2.60. The van der Waals surface area contributed by atoms with Crippen LogP contribution in [0.2, 0.25) is 5.02 Å². The molecule has 0 aliphatic rings. The van der Waals surface area contributed by atoms with E-state index in [2.05, 4.69) is 5.32 Å². The largest absolute Gasteiger partial charge is 0.491 e. The summed E-state index contributed by atoms with van der Waals surface area (Å²) >= 11 is 5.95. The van der Waals surface area contributed by atoms with Gasteiger partial charge in [-0.2, -0.15) is 0 Å². The Morgan fingerprint density at radius 1 is 1.30 bits per heavy atom. The second-order valence-electron chi connectivity index (χ2n) is 4.83. The van der Waals surface area contributed by atoms with Gasteiger partial charge in [-0.05, 0) is 24.6 Å². The van der Waals surface area contributed by atoms with Crippen LogP contribution < -0.4 is 10.1 Å². The normalized spacial score (nSPS) is 10.2. The van der Waals surface area contributed by atoms with E-state index in [0.717, 1.165) is 5.56 Å². The van der Waals surface area contributed by atoms with Crippen LogP contribution in [0, 0.1) is 17.0 Å². The summed E-state index contributed by atoms with van der Waals surface area (Å²) in [7, 11) is 0. The smallest absolute Gasteiger partial charge is 0.271 e. The average molecular weight is 335 g/mol. The van der Waals surface area contributed by atoms with Gasteiger partial charge in [-0.3, -0.25) is 14.9 Å². The molecule has 0 aromatic heterocycles. The van der Waals surface area contributed by atoms with Gasteiger partial charge in [0.05, 0.1) is 28.7 Å². The van der Waals surface area contributed by atoms with E-state index in [1.165, 1.54) is 12.1 Å². The number of non-ortho nitro benzene ring substituents is 1. The highest BCUT2D eigenvalue weighted by atomic mass is 35.5. The quantitative estimate of drug-likeness (QED) is 0.640. The highest BCUT2D eigenvalue weighted by molar-refractivity contribution is 6.32. The maximum atomic E-state index is 11.9. The number of halogens is 1. The average Bonchev–Trinajstić information content (AvgIpc) is 2.51. The van der Waals surface area contributed by atoms with E-state index in [4.69, 9.17) is 16.3 Å². The fourth-order valence-corrected chi connectivity index (χ4v) is 2.08. The molecule has 0 saturated heterocycles. The Labute approximate surface area is 138 Å². The first kappa shape index (κ1) is 16.8. The molecular formula is C16H15ClN2O4. The van der Waals surface area contributed by atoms with E-state index in [9.17, 15) is 14.9 Å². The SMILES string of the molecule is Cc1ccc([N+](=O)[O-])cc1NC(=O)CCOc1ccccc1Cl. The number of nitrogens with zero attached hydrogens (tertiary/aromatic N) is 1. The van der Waals surface area contributed by atoms with E-state index >= 15 is 0 Å². The lowest BCUT2D eigenvalue weighted by atomic mass is 10.2. The summed E-state index contributed by atoms with van der Waals surface area (Å²) < 4.78 is 5.44. The van der Waals surface area contributed by atoms with E-state index in [0.29, 0.717) is 16.5 Å². The van der Waals surface area contributed by atoms with Crippen molar-refractivity contribution in [2.75, 3.05) is 11.9 Å². The van der Waals surface area contributed by atoms with Gasteiger partial charge in [0.25, 0.3) is 5.69 Å². The minimum absolute atomic E-state index is 0.0711. The Kier molecular flexibility index (Phi) is 5.54. The van der Waals surface area contributed by atoms with Crippen LogP contribution >= 0.6 is 11.6 Å². The van der Waals surface area contributed by atoms with Crippen molar-refractivity contribution in [1.29, 1.82) is 0 Å². The Bertz CT molecular complexity index is 734. The van der Waals surface area contributed by atoms with Crippen molar-refractivity contribution in [2.24, 2.45) is 0 Å². The van der Waals surface area contributed by atoms with E-state index in [-0.39, 0.29) is 24.6 Å². The number of ether oxygens (including phenoxy) is 1. The van der Waals surface area contributed by atoms with Gasteiger partial charge in [0.15, 0.2) is 0 Å². The molecule has 2 aromatic carbocycles. The molecule has 0 aliphatic heterocycles. The van der Waals surface area contributed by atoms with Gasteiger partial charge in [-0.15, -0.1) is 0 Å². The predicted octanol–water partition coefficient (Wildman–Crippen LogP) is 3.96. The van der Waals surface area contributed by atoms with Crippen LogP contribution in [0.4, 0.5) is 11.4 Å². The van der Waals surface area contributed by atoms with Gasteiger partial charge in [0.2, 0.25) is 5.91 Å². The second kappa shape index (κ2) is 7.60. The number of carbonyl (C=O) groups is 1. The highest BCUT2D eigenvalue weighted by Crippen LogP contribution is 2.24. The molecule has 0 aliphatic carbocycles. The number of benzene rings is 2. The molecule has 1 amide bonds. The molecule has 0 saturated carbocycles. The van der Waals surface area contributed by atoms with Crippen LogP contribution in [-0.2, 0) is 4.79 Å². The number of amides is 1. The molecule has 0 unspecified atom stereocenters. The van der Waals surface area contributed by atoms with Crippen molar-refractivity contribution in [3.8, 4) is 5.75 Å². The molecular weight excluding hydrogens is 320 g/mol. The van der Waals surface area contributed by atoms with Crippen LogP contribution in [0.5, 0.6) is 5.75 Å². The number of rotatable bonds is 6. The number of carbonyl (C=O) groups excluding carboxylic acids is 1. The van der Waals surface area contributed by atoms with Crippen LogP contribution in [0.1, 0.15) is 12.0 Å². The Balaban J connectivity index is 1.91. The monoisotopic (exact) mass is 334 g/mol. The number of aryl methyl sites for hydroxylation is 1. The Morgan fingerprint density at radius 2 is 2.04 bits per heavy atom. The third kappa shape index (κ3) is 4.69. The summed E-state index contributed by atoms with van der Waals surface area (Å²) in [6.07, 6.45) is 0.105. The molecule has 0 fully saturated rings. The molecule has 0 atom stereocenters. The number of nitrogens with one attached hydrogen (secondary N) is 1. The fourth-order valence-electron chi connectivity index (χ4n) is 1.89. The zero-order valence-electron chi connectivity index (χ0n) is 12.4. The third-order valence-corrected chi connectivity index (χ3v) is 3.44. The lowest BCUT2D eigenvalue weighted by molar-refractivity contribution is -0.384. The van der Waals surface area contributed by atoms with Gasteiger partial charge in [-0.1, -0.05) is 29.8 Å². The van der Waals surface area contributed by atoms with Crippen molar-refractivity contribution < 1.29 is 14.5 Å². The molecule has 23 heavy (non-hydrogen) atoms.